The summed E-state index contributed by atoms with van der Waals surface area (Å²) in [6.07, 6.45) is -0.0970. The van der Waals surface area contributed by atoms with Crippen molar-refractivity contribution in [2.75, 3.05) is 13.1 Å². The van der Waals surface area contributed by atoms with Crippen LogP contribution in [0.2, 0.25) is 0 Å². The van der Waals surface area contributed by atoms with Gasteiger partial charge in [0.2, 0.25) is 0 Å². The summed E-state index contributed by atoms with van der Waals surface area (Å²) in [7, 11) is 0. The monoisotopic (exact) mass is 241 g/mol. The Morgan fingerprint density at radius 3 is 2.47 bits per heavy atom. The largest absolute Gasteiger partial charge is 0.478 e. The highest BCUT2D eigenvalue weighted by molar-refractivity contribution is 5.87. The van der Waals surface area contributed by atoms with Crippen LogP contribution in [0.4, 0.5) is 8.78 Å². The SMILES string of the molecule is O=C(O)c1ccc(CN2CCC(F)(F)C2)cc1. The zero-order chi connectivity index (χ0) is 12.5. The fourth-order valence-corrected chi connectivity index (χ4v) is 1.95. The van der Waals surface area contributed by atoms with Crippen LogP contribution in [-0.4, -0.2) is 35.0 Å². The van der Waals surface area contributed by atoms with E-state index < -0.39 is 11.9 Å². The number of alkyl halides is 2. The highest BCUT2D eigenvalue weighted by Crippen LogP contribution is 2.27. The number of nitrogens with zero attached hydrogens (tertiary/aromatic N) is 1. The maximum absolute atomic E-state index is 12.9. The van der Waals surface area contributed by atoms with Crippen LogP contribution in [0, 0.1) is 0 Å². The van der Waals surface area contributed by atoms with Gasteiger partial charge >= 0.3 is 5.97 Å². The van der Waals surface area contributed by atoms with Crippen molar-refractivity contribution in [2.24, 2.45) is 0 Å². The molecule has 1 aromatic rings. The molecule has 1 heterocycles. The first-order valence-corrected chi connectivity index (χ1v) is 5.39. The summed E-state index contributed by atoms with van der Waals surface area (Å²) in [6, 6.07) is 6.32. The minimum absolute atomic E-state index is 0.0970. The topological polar surface area (TPSA) is 40.5 Å². The molecule has 0 aliphatic carbocycles. The van der Waals surface area contributed by atoms with Crippen molar-refractivity contribution in [2.45, 2.75) is 18.9 Å². The summed E-state index contributed by atoms with van der Waals surface area (Å²) >= 11 is 0. The number of likely N-dealkylation sites (tertiary alicyclic amines) is 1. The first kappa shape index (κ1) is 12.0. The number of carbonyl (C=O) groups is 1. The van der Waals surface area contributed by atoms with Gasteiger partial charge in [-0.1, -0.05) is 12.1 Å². The zero-order valence-corrected chi connectivity index (χ0v) is 9.20. The molecule has 0 saturated carbocycles. The molecule has 1 saturated heterocycles. The lowest BCUT2D eigenvalue weighted by atomic mass is 10.1. The maximum atomic E-state index is 12.9. The van der Waals surface area contributed by atoms with Gasteiger partial charge in [-0.15, -0.1) is 0 Å². The molecule has 0 radical (unpaired) electrons. The van der Waals surface area contributed by atoms with E-state index in [1.54, 1.807) is 17.0 Å². The Morgan fingerprint density at radius 1 is 1.35 bits per heavy atom. The minimum Gasteiger partial charge on any atom is -0.478 e. The first-order chi connectivity index (χ1) is 7.96. The minimum atomic E-state index is -2.58. The van der Waals surface area contributed by atoms with Gasteiger partial charge in [-0.2, -0.15) is 0 Å². The summed E-state index contributed by atoms with van der Waals surface area (Å²) in [5.74, 6) is -3.56. The number of rotatable bonds is 3. The van der Waals surface area contributed by atoms with E-state index >= 15 is 0 Å². The van der Waals surface area contributed by atoms with E-state index in [9.17, 15) is 13.6 Å². The van der Waals surface area contributed by atoms with Crippen LogP contribution in [0.15, 0.2) is 24.3 Å². The van der Waals surface area contributed by atoms with Crippen LogP contribution in [0.3, 0.4) is 0 Å². The Morgan fingerprint density at radius 2 is 2.00 bits per heavy atom. The summed E-state index contributed by atoms with van der Waals surface area (Å²) in [4.78, 5) is 12.3. The average Bonchev–Trinajstić information content (AvgIpc) is 2.59. The second-order valence-corrected chi connectivity index (χ2v) is 4.32. The van der Waals surface area contributed by atoms with Crippen LogP contribution in [0.5, 0.6) is 0 Å². The smallest absolute Gasteiger partial charge is 0.335 e. The number of hydrogen-bond acceptors (Lipinski definition) is 2. The fourth-order valence-electron chi connectivity index (χ4n) is 1.95. The molecule has 0 bridgehead atoms. The van der Waals surface area contributed by atoms with Crippen LogP contribution < -0.4 is 0 Å². The van der Waals surface area contributed by atoms with Gasteiger partial charge in [-0.3, -0.25) is 4.90 Å². The highest BCUT2D eigenvalue weighted by atomic mass is 19.3. The Hall–Kier alpha value is -1.49. The molecular weight excluding hydrogens is 228 g/mol. The summed E-state index contributed by atoms with van der Waals surface area (Å²) in [6.45, 7) is 0.608. The van der Waals surface area contributed by atoms with Crippen LogP contribution >= 0.6 is 0 Å². The first-order valence-electron chi connectivity index (χ1n) is 5.39. The molecule has 1 aliphatic rings. The lowest BCUT2D eigenvalue weighted by Crippen LogP contribution is -2.24. The van der Waals surface area contributed by atoms with Crippen LogP contribution in [-0.2, 0) is 6.54 Å². The Bertz CT molecular complexity index is 417. The van der Waals surface area contributed by atoms with Crippen molar-refractivity contribution in [3.63, 3.8) is 0 Å². The number of benzene rings is 1. The molecule has 1 N–H and O–H groups in total. The van der Waals surface area contributed by atoms with Crippen molar-refractivity contribution in [1.82, 2.24) is 4.90 Å². The summed E-state index contributed by atoms with van der Waals surface area (Å²) < 4.78 is 25.9. The van der Waals surface area contributed by atoms with Gasteiger partial charge in [-0.05, 0) is 17.7 Å². The van der Waals surface area contributed by atoms with Crippen molar-refractivity contribution in [3.05, 3.63) is 35.4 Å². The summed E-state index contributed by atoms with van der Waals surface area (Å²) in [5.41, 5.74) is 1.06. The van der Waals surface area contributed by atoms with Crippen molar-refractivity contribution in [1.29, 1.82) is 0 Å². The lowest BCUT2D eigenvalue weighted by Gasteiger charge is -2.15. The van der Waals surface area contributed by atoms with Gasteiger partial charge in [0.15, 0.2) is 0 Å². The molecule has 0 atom stereocenters. The van der Waals surface area contributed by atoms with Gasteiger partial charge in [-0.25, -0.2) is 13.6 Å². The van der Waals surface area contributed by atoms with Crippen molar-refractivity contribution in [3.8, 4) is 0 Å². The number of aromatic carboxylic acids is 1. The predicted molar refractivity (Wildman–Crippen MR) is 58.2 cm³/mol. The Kier molecular flexibility index (Phi) is 3.11. The predicted octanol–water partition coefficient (Wildman–Crippen LogP) is 2.23. The molecule has 0 spiro atoms. The third kappa shape index (κ3) is 3.00. The third-order valence-corrected chi connectivity index (χ3v) is 2.86. The molecule has 0 aromatic heterocycles. The van der Waals surface area contributed by atoms with E-state index in [4.69, 9.17) is 5.11 Å². The number of halogens is 2. The van der Waals surface area contributed by atoms with Crippen molar-refractivity contribution < 1.29 is 18.7 Å². The summed E-state index contributed by atoms with van der Waals surface area (Å²) in [5, 5.41) is 8.72. The second-order valence-electron chi connectivity index (χ2n) is 4.32. The van der Waals surface area contributed by atoms with E-state index in [2.05, 4.69) is 0 Å². The van der Waals surface area contributed by atoms with E-state index in [-0.39, 0.29) is 18.5 Å². The molecule has 2 rings (SSSR count). The molecule has 1 fully saturated rings. The molecular formula is C12H13F2NO2. The van der Waals surface area contributed by atoms with Gasteiger partial charge < -0.3 is 5.11 Å². The van der Waals surface area contributed by atoms with Gasteiger partial charge in [0.05, 0.1) is 12.1 Å². The Balaban J connectivity index is 1.98. The van der Waals surface area contributed by atoms with Crippen LogP contribution in [0.1, 0.15) is 22.3 Å². The molecule has 3 nitrogen and oxygen atoms in total. The highest BCUT2D eigenvalue weighted by Gasteiger charge is 2.37. The number of carboxylic acids is 1. The normalized spacial score (nSPS) is 19.4. The number of carboxylic acid groups (broad SMARTS) is 1. The Labute approximate surface area is 97.7 Å². The third-order valence-electron chi connectivity index (χ3n) is 2.86. The van der Waals surface area contributed by atoms with Gasteiger partial charge in [0.25, 0.3) is 5.92 Å². The van der Waals surface area contributed by atoms with E-state index in [1.165, 1.54) is 12.1 Å². The van der Waals surface area contributed by atoms with Crippen LogP contribution in [0.25, 0.3) is 0 Å². The van der Waals surface area contributed by atoms with E-state index in [0.717, 1.165) is 5.56 Å². The molecule has 0 unspecified atom stereocenters. The van der Waals surface area contributed by atoms with E-state index in [1.807, 2.05) is 0 Å². The maximum Gasteiger partial charge on any atom is 0.335 e. The molecule has 5 heteroatoms. The van der Waals surface area contributed by atoms with Gasteiger partial charge in [0.1, 0.15) is 0 Å². The molecule has 17 heavy (non-hydrogen) atoms. The lowest BCUT2D eigenvalue weighted by molar-refractivity contribution is 0.0115. The quantitative estimate of drug-likeness (QED) is 0.882. The second kappa shape index (κ2) is 4.41. The van der Waals surface area contributed by atoms with Crippen molar-refractivity contribution >= 4 is 5.97 Å². The molecule has 0 amide bonds. The fraction of sp³-hybridized carbons (Fsp3) is 0.417. The van der Waals surface area contributed by atoms with E-state index in [0.29, 0.717) is 13.1 Å². The standard InChI is InChI=1S/C12H13F2NO2/c13-12(14)5-6-15(8-12)7-9-1-3-10(4-2-9)11(16)17/h1-4H,5-8H2,(H,16,17). The average molecular weight is 241 g/mol. The number of hydrogen-bond donors (Lipinski definition) is 1. The molecule has 1 aromatic carbocycles. The zero-order valence-electron chi connectivity index (χ0n) is 9.20. The molecule has 1 aliphatic heterocycles. The molecule has 92 valence electrons. The van der Waals surface area contributed by atoms with Gasteiger partial charge in [0, 0.05) is 19.5 Å².